The van der Waals surface area contributed by atoms with E-state index in [0.29, 0.717) is 6.54 Å². The van der Waals surface area contributed by atoms with E-state index in [4.69, 9.17) is 11.6 Å². The Kier molecular flexibility index (Phi) is 4.67. The van der Waals surface area contributed by atoms with Gasteiger partial charge < -0.3 is 5.11 Å². The molecule has 0 spiro atoms. The van der Waals surface area contributed by atoms with Crippen LogP contribution in [0, 0.1) is 10.1 Å². The van der Waals surface area contributed by atoms with Gasteiger partial charge in [0, 0.05) is 18.2 Å². The lowest BCUT2D eigenvalue weighted by Gasteiger charge is -2.33. The lowest BCUT2D eigenvalue weighted by atomic mass is 10.0. The smallest absolute Gasteiger partial charge is 0.288 e. The monoisotopic (exact) mass is 272 g/mol. The van der Waals surface area contributed by atoms with Crippen LogP contribution in [-0.2, 0) is 6.54 Å². The molecule has 0 aliphatic heterocycles. The average molecular weight is 273 g/mol. The summed E-state index contributed by atoms with van der Waals surface area (Å²) in [6.07, 6.45) is 0. The van der Waals surface area contributed by atoms with Crippen LogP contribution in [0.4, 0.5) is 5.69 Å². The second kappa shape index (κ2) is 5.65. The van der Waals surface area contributed by atoms with Gasteiger partial charge in [0.1, 0.15) is 5.02 Å². The normalized spacial score (nSPS) is 11.9. The van der Waals surface area contributed by atoms with Gasteiger partial charge in [-0.1, -0.05) is 17.7 Å². The predicted molar refractivity (Wildman–Crippen MR) is 70.7 cm³/mol. The zero-order valence-electron chi connectivity index (χ0n) is 10.7. The van der Waals surface area contributed by atoms with Gasteiger partial charge in [0.05, 0.1) is 11.5 Å². The summed E-state index contributed by atoms with van der Waals surface area (Å²) < 4.78 is 0. The van der Waals surface area contributed by atoms with Gasteiger partial charge in [-0.15, -0.1) is 0 Å². The first-order valence-electron chi connectivity index (χ1n) is 5.53. The molecular weight excluding hydrogens is 256 g/mol. The first-order chi connectivity index (χ1) is 8.27. The number of halogens is 1. The molecule has 18 heavy (non-hydrogen) atoms. The summed E-state index contributed by atoms with van der Waals surface area (Å²) in [5.74, 6) is 0. The highest BCUT2D eigenvalue weighted by Crippen LogP contribution is 2.26. The van der Waals surface area contributed by atoms with E-state index >= 15 is 0 Å². The van der Waals surface area contributed by atoms with Crippen LogP contribution in [0.15, 0.2) is 18.2 Å². The molecule has 0 amide bonds. The fourth-order valence-electron chi connectivity index (χ4n) is 1.41. The zero-order valence-corrected chi connectivity index (χ0v) is 11.4. The van der Waals surface area contributed by atoms with Crippen LogP contribution >= 0.6 is 11.6 Å². The molecule has 100 valence electrons. The minimum absolute atomic E-state index is 0.0131. The summed E-state index contributed by atoms with van der Waals surface area (Å²) in [5, 5.41) is 20.2. The van der Waals surface area contributed by atoms with Crippen molar-refractivity contribution in [2.75, 3.05) is 13.7 Å². The highest BCUT2D eigenvalue weighted by Gasteiger charge is 2.23. The summed E-state index contributed by atoms with van der Waals surface area (Å²) in [4.78, 5) is 12.2. The van der Waals surface area contributed by atoms with Crippen LogP contribution in [0.3, 0.4) is 0 Å². The van der Waals surface area contributed by atoms with Gasteiger partial charge in [-0.05, 0) is 32.5 Å². The van der Waals surface area contributed by atoms with Gasteiger partial charge in [-0.2, -0.15) is 0 Å². The molecule has 0 saturated carbocycles. The number of aliphatic hydroxyl groups excluding tert-OH is 1. The maximum atomic E-state index is 10.8. The van der Waals surface area contributed by atoms with Crippen molar-refractivity contribution in [2.24, 2.45) is 0 Å². The maximum Gasteiger partial charge on any atom is 0.288 e. The zero-order chi connectivity index (χ0) is 13.9. The Bertz CT molecular complexity index is 449. The fourth-order valence-corrected chi connectivity index (χ4v) is 1.59. The fraction of sp³-hybridized carbons (Fsp3) is 0.500. The SMILES string of the molecule is CN(Cc1ccc(Cl)c([N+](=O)[O-])c1)C(C)(C)CO. The van der Waals surface area contributed by atoms with Crippen molar-refractivity contribution in [3.8, 4) is 0 Å². The number of nitro benzene ring substituents is 1. The predicted octanol–water partition coefficient (Wildman–Crippen LogP) is 2.45. The van der Waals surface area contributed by atoms with Crippen LogP contribution in [-0.4, -0.2) is 34.1 Å². The standard InChI is InChI=1S/C12H17ClN2O3/c1-12(2,8-16)14(3)7-9-4-5-10(13)11(6-9)15(17)18/h4-6,16H,7-8H2,1-3H3. The number of nitro groups is 1. The van der Waals surface area contributed by atoms with Crippen LogP contribution < -0.4 is 0 Å². The molecule has 0 saturated heterocycles. The summed E-state index contributed by atoms with van der Waals surface area (Å²) in [6.45, 7) is 4.32. The number of hydrogen-bond donors (Lipinski definition) is 1. The molecule has 6 heteroatoms. The van der Waals surface area contributed by atoms with Crippen molar-refractivity contribution >= 4 is 17.3 Å². The van der Waals surface area contributed by atoms with Crippen LogP contribution in [0.2, 0.25) is 5.02 Å². The summed E-state index contributed by atoms with van der Waals surface area (Å²) >= 11 is 5.75. The number of rotatable bonds is 5. The van der Waals surface area contributed by atoms with E-state index in [1.807, 2.05) is 25.8 Å². The third-order valence-corrected chi connectivity index (χ3v) is 3.37. The Morgan fingerprint density at radius 1 is 1.50 bits per heavy atom. The number of likely N-dealkylation sites (N-methyl/N-ethyl adjacent to an activating group) is 1. The van der Waals surface area contributed by atoms with Crippen molar-refractivity contribution < 1.29 is 10.0 Å². The molecule has 1 rings (SSSR count). The second-order valence-corrected chi connectivity index (χ2v) is 5.28. The molecular formula is C12H17ClN2O3. The Hall–Kier alpha value is -1.17. The molecule has 0 aromatic heterocycles. The molecule has 0 fully saturated rings. The summed E-state index contributed by atoms with van der Waals surface area (Å²) in [5.41, 5.74) is 0.313. The van der Waals surface area contributed by atoms with E-state index in [-0.39, 0.29) is 22.9 Å². The first-order valence-corrected chi connectivity index (χ1v) is 5.90. The molecule has 0 aliphatic rings. The maximum absolute atomic E-state index is 10.8. The van der Waals surface area contributed by atoms with Crippen molar-refractivity contribution in [3.05, 3.63) is 38.9 Å². The van der Waals surface area contributed by atoms with E-state index in [1.165, 1.54) is 12.1 Å². The number of nitrogens with zero attached hydrogens (tertiary/aromatic N) is 2. The first kappa shape index (κ1) is 14.9. The van der Waals surface area contributed by atoms with Crippen molar-refractivity contribution in [1.82, 2.24) is 4.90 Å². The Balaban J connectivity index is 2.93. The molecule has 0 aliphatic carbocycles. The quantitative estimate of drug-likeness (QED) is 0.660. The third kappa shape index (κ3) is 3.41. The largest absolute Gasteiger partial charge is 0.394 e. The highest BCUT2D eigenvalue weighted by atomic mass is 35.5. The van der Waals surface area contributed by atoms with Crippen molar-refractivity contribution in [1.29, 1.82) is 0 Å². The minimum Gasteiger partial charge on any atom is -0.394 e. The van der Waals surface area contributed by atoms with E-state index in [0.717, 1.165) is 5.56 Å². The average Bonchev–Trinajstić information content (AvgIpc) is 2.31. The Labute approximate surface area is 111 Å². The number of hydrogen-bond acceptors (Lipinski definition) is 4. The van der Waals surface area contributed by atoms with Crippen LogP contribution in [0.1, 0.15) is 19.4 Å². The minimum atomic E-state index is -0.497. The molecule has 1 N–H and O–H groups in total. The van der Waals surface area contributed by atoms with Gasteiger partial charge >= 0.3 is 0 Å². The molecule has 1 aromatic rings. The van der Waals surface area contributed by atoms with E-state index < -0.39 is 4.92 Å². The van der Waals surface area contributed by atoms with Crippen molar-refractivity contribution in [3.63, 3.8) is 0 Å². The third-order valence-electron chi connectivity index (χ3n) is 3.05. The molecule has 0 heterocycles. The van der Waals surface area contributed by atoms with Gasteiger partial charge in [0.15, 0.2) is 0 Å². The topological polar surface area (TPSA) is 66.6 Å². The van der Waals surface area contributed by atoms with Crippen LogP contribution in [0.5, 0.6) is 0 Å². The second-order valence-electron chi connectivity index (χ2n) is 4.87. The van der Waals surface area contributed by atoms with Crippen molar-refractivity contribution in [2.45, 2.75) is 25.9 Å². The highest BCUT2D eigenvalue weighted by molar-refractivity contribution is 6.32. The number of aliphatic hydroxyl groups is 1. The lowest BCUT2D eigenvalue weighted by Crippen LogP contribution is -2.43. The van der Waals surface area contributed by atoms with Crippen LogP contribution in [0.25, 0.3) is 0 Å². The van der Waals surface area contributed by atoms with E-state index in [2.05, 4.69) is 0 Å². The summed E-state index contributed by atoms with van der Waals surface area (Å²) in [7, 11) is 1.86. The van der Waals surface area contributed by atoms with E-state index in [9.17, 15) is 15.2 Å². The molecule has 5 nitrogen and oxygen atoms in total. The van der Waals surface area contributed by atoms with Gasteiger partial charge in [0.25, 0.3) is 5.69 Å². The molecule has 0 unspecified atom stereocenters. The molecule has 0 atom stereocenters. The van der Waals surface area contributed by atoms with Gasteiger partial charge in [-0.3, -0.25) is 15.0 Å². The molecule has 1 aromatic carbocycles. The lowest BCUT2D eigenvalue weighted by molar-refractivity contribution is -0.384. The van der Waals surface area contributed by atoms with E-state index in [1.54, 1.807) is 6.07 Å². The Morgan fingerprint density at radius 2 is 2.11 bits per heavy atom. The van der Waals surface area contributed by atoms with Gasteiger partial charge in [-0.25, -0.2) is 0 Å². The van der Waals surface area contributed by atoms with Gasteiger partial charge in [0.2, 0.25) is 0 Å². The number of benzene rings is 1. The Morgan fingerprint density at radius 3 is 2.61 bits per heavy atom. The molecule has 0 radical (unpaired) electrons. The summed E-state index contributed by atoms with van der Waals surface area (Å²) in [6, 6.07) is 4.74. The molecule has 0 bridgehead atoms.